The smallest absolute Gasteiger partial charge is 0.123 e. The number of hydrogen-bond donors (Lipinski definition) is 2. The van der Waals surface area contributed by atoms with Crippen molar-refractivity contribution in [2.75, 3.05) is 17.6 Å². The SMILES string of the molecule is CCCCNc1ccc(N)nc1. The monoisotopic (exact) mass is 165 g/mol. The maximum absolute atomic E-state index is 5.44. The summed E-state index contributed by atoms with van der Waals surface area (Å²) in [4.78, 5) is 3.97. The van der Waals surface area contributed by atoms with Gasteiger partial charge in [-0.2, -0.15) is 0 Å². The fraction of sp³-hybridized carbons (Fsp3) is 0.444. The zero-order valence-electron chi connectivity index (χ0n) is 7.38. The second kappa shape index (κ2) is 4.59. The molecule has 0 aliphatic rings. The molecule has 0 aromatic carbocycles. The third-order valence-electron chi connectivity index (χ3n) is 1.65. The molecule has 0 spiro atoms. The molecular weight excluding hydrogens is 150 g/mol. The Labute approximate surface area is 73.0 Å². The number of rotatable bonds is 4. The number of unbranched alkanes of at least 4 members (excludes halogenated alkanes) is 1. The summed E-state index contributed by atoms with van der Waals surface area (Å²) in [5.41, 5.74) is 6.48. The summed E-state index contributed by atoms with van der Waals surface area (Å²) >= 11 is 0. The first-order valence-corrected chi connectivity index (χ1v) is 4.28. The molecule has 0 bridgehead atoms. The maximum Gasteiger partial charge on any atom is 0.123 e. The van der Waals surface area contributed by atoms with Gasteiger partial charge in [-0.3, -0.25) is 0 Å². The van der Waals surface area contributed by atoms with Crippen molar-refractivity contribution < 1.29 is 0 Å². The molecule has 66 valence electrons. The molecule has 0 atom stereocenters. The number of pyridine rings is 1. The highest BCUT2D eigenvalue weighted by Gasteiger charge is 1.90. The van der Waals surface area contributed by atoms with Gasteiger partial charge in [0, 0.05) is 6.54 Å². The molecule has 1 aromatic heterocycles. The molecule has 0 unspecified atom stereocenters. The van der Waals surface area contributed by atoms with E-state index in [4.69, 9.17) is 5.73 Å². The molecule has 1 heterocycles. The van der Waals surface area contributed by atoms with Crippen molar-refractivity contribution in [3.05, 3.63) is 18.3 Å². The van der Waals surface area contributed by atoms with Crippen molar-refractivity contribution in [2.24, 2.45) is 0 Å². The highest BCUT2D eigenvalue weighted by atomic mass is 14.9. The Hall–Kier alpha value is -1.25. The van der Waals surface area contributed by atoms with Crippen molar-refractivity contribution in [1.82, 2.24) is 4.98 Å². The summed E-state index contributed by atoms with van der Waals surface area (Å²) in [6.07, 6.45) is 4.14. The van der Waals surface area contributed by atoms with Gasteiger partial charge in [0.25, 0.3) is 0 Å². The van der Waals surface area contributed by atoms with Gasteiger partial charge in [0.05, 0.1) is 11.9 Å². The molecule has 3 heteroatoms. The van der Waals surface area contributed by atoms with Crippen LogP contribution in [-0.2, 0) is 0 Å². The predicted octanol–water partition coefficient (Wildman–Crippen LogP) is 1.88. The minimum atomic E-state index is 0.566. The van der Waals surface area contributed by atoms with Gasteiger partial charge < -0.3 is 11.1 Å². The fourth-order valence-electron chi connectivity index (χ4n) is 0.919. The van der Waals surface area contributed by atoms with Gasteiger partial charge in [-0.05, 0) is 18.6 Å². The van der Waals surface area contributed by atoms with Crippen molar-refractivity contribution in [3.8, 4) is 0 Å². The minimum Gasteiger partial charge on any atom is -0.384 e. The van der Waals surface area contributed by atoms with Crippen LogP contribution in [0.1, 0.15) is 19.8 Å². The number of nitrogens with zero attached hydrogens (tertiary/aromatic N) is 1. The van der Waals surface area contributed by atoms with E-state index in [-0.39, 0.29) is 0 Å². The Morgan fingerprint density at radius 1 is 1.50 bits per heavy atom. The summed E-state index contributed by atoms with van der Waals surface area (Å²) in [6, 6.07) is 3.74. The number of nitrogen functional groups attached to an aromatic ring is 1. The Bertz CT molecular complexity index is 218. The van der Waals surface area contributed by atoms with Crippen molar-refractivity contribution in [2.45, 2.75) is 19.8 Å². The highest BCUT2D eigenvalue weighted by Crippen LogP contribution is 2.06. The van der Waals surface area contributed by atoms with Gasteiger partial charge in [-0.1, -0.05) is 13.3 Å². The largest absolute Gasteiger partial charge is 0.384 e. The van der Waals surface area contributed by atoms with E-state index >= 15 is 0 Å². The molecule has 3 nitrogen and oxygen atoms in total. The van der Waals surface area contributed by atoms with E-state index in [1.54, 1.807) is 12.3 Å². The Morgan fingerprint density at radius 2 is 2.33 bits per heavy atom. The molecule has 0 radical (unpaired) electrons. The van der Waals surface area contributed by atoms with E-state index in [1.807, 2.05) is 6.07 Å². The molecule has 0 aliphatic carbocycles. The van der Waals surface area contributed by atoms with Crippen LogP contribution >= 0.6 is 0 Å². The molecule has 1 rings (SSSR count). The summed E-state index contributed by atoms with van der Waals surface area (Å²) < 4.78 is 0. The number of aromatic nitrogens is 1. The van der Waals surface area contributed by atoms with Crippen LogP contribution in [0.25, 0.3) is 0 Å². The van der Waals surface area contributed by atoms with Crippen LogP contribution < -0.4 is 11.1 Å². The van der Waals surface area contributed by atoms with E-state index in [2.05, 4.69) is 17.2 Å². The molecule has 0 saturated carbocycles. The lowest BCUT2D eigenvalue weighted by atomic mass is 10.3. The number of nitrogens with two attached hydrogens (primary N) is 1. The van der Waals surface area contributed by atoms with Gasteiger partial charge in [-0.25, -0.2) is 4.98 Å². The van der Waals surface area contributed by atoms with Crippen LogP contribution in [0.2, 0.25) is 0 Å². The minimum absolute atomic E-state index is 0.566. The topological polar surface area (TPSA) is 50.9 Å². The quantitative estimate of drug-likeness (QED) is 0.670. The van der Waals surface area contributed by atoms with Crippen LogP contribution in [-0.4, -0.2) is 11.5 Å². The zero-order valence-corrected chi connectivity index (χ0v) is 7.38. The third kappa shape index (κ3) is 2.78. The lowest BCUT2D eigenvalue weighted by molar-refractivity contribution is 0.834. The lowest BCUT2D eigenvalue weighted by Gasteiger charge is -2.03. The van der Waals surface area contributed by atoms with Crippen LogP contribution in [0.4, 0.5) is 11.5 Å². The molecule has 1 aromatic rings. The molecule has 0 fully saturated rings. The van der Waals surface area contributed by atoms with E-state index in [9.17, 15) is 0 Å². The lowest BCUT2D eigenvalue weighted by Crippen LogP contribution is -2.01. The molecule has 0 aliphatic heterocycles. The molecule has 0 saturated heterocycles. The van der Waals surface area contributed by atoms with Gasteiger partial charge in [0.2, 0.25) is 0 Å². The first-order chi connectivity index (χ1) is 5.83. The Kier molecular flexibility index (Phi) is 3.38. The van der Waals surface area contributed by atoms with Gasteiger partial charge >= 0.3 is 0 Å². The summed E-state index contributed by atoms with van der Waals surface area (Å²) in [6.45, 7) is 3.17. The standard InChI is InChI=1S/C9H15N3/c1-2-3-6-11-8-4-5-9(10)12-7-8/h4-5,7,11H,2-3,6H2,1H3,(H2,10,12). The fourth-order valence-corrected chi connectivity index (χ4v) is 0.919. The Balaban J connectivity index is 2.37. The van der Waals surface area contributed by atoms with Gasteiger partial charge in [0.1, 0.15) is 5.82 Å². The van der Waals surface area contributed by atoms with Crippen molar-refractivity contribution in [1.29, 1.82) is 0 Å². The highest BCUT2D eigenvalue weighted by molar-refractivity contribution is 5.45. The summed E-state index contributed by atoms with van der Waals surface area (Å²) in [5.74, 6) is 0.566. The van der Waals surface area contributed by atoms with Gasteiger partial charge in [0.15, 0.2) is 0 Å². The van der Waals surface area contributed by atoms with E-state index < -0.39 is 0 Å². The van der Waals surface area contributed by atoms with Crippen LogP contribution in [0.3, 0.4) is 0 Å². The maximum atomic E-state index is 5.44. The number of anilines is 2. The average molecular weight is 165 g/mol. The second-order valence-corrected chi connectivity index (χ2v) is 2.75. The summed E-state index contributed by atoms with van der Waals surface area (Å²) in [5, 5.41) is 3.25. The summed E-state index contributed by atoms with van der Waals surface area (Å²) in [7, 11) is 0. The molecule has 3 N–H and O–H groups in total. The van der Waals surface area contributed by atoms with E-state index in [1.165, 1.54) is 12.8 Å². The first kappa shape index (κ1) is 8.84. The van der Waals surface area contributed by atoms with E-state index in [0.29, 0.717) is 5.82 Å². The van der Waals surface area contributed by atoms with E-state index in [0.717, 1.165) is 12.2 Å². The van der Waals surface area contributed by atoms with Crippen LogP contribution in [0, 0.1) is 0 Å². The van der Waals surface area contributed by atoms with Crippen molar-refractivity contribution in [3.63, 3.8) is 0 Å². The van der Waals surface area contributed by atoms with Crippen LogP contribution in [0.5, 0.6) is 0 Å². The molecular formula is C9H15N3. The molecule has 0 amide bonds. The normalized spacial score (nSPS) is 9.75. The molecule has 12 heavy (non-hydrogen) atoms. The average Bonchev–Trinajstić information content (AvgIpc) is 2.09. The predicted molar refractivity (Wildman–Crippen MR) is 52.0 cm³/mol. The third-order valence-corrected chi connectivity index (χ3v) is 1.65. The Morgan fingerprint density at radius 3 is 2.92 bits per heavy atom. The van der Waals surface area contributed by atoms with Gasteiger partial charge in [-0.15, -0.1) is 0 Å². The first-order valence-electron chi connectivity index (χ1n) is 4.28. The van der Waals surface area contributed by atoms with Crippen molar-refractivity contribution >= 4 is 11.5 Å². The zero-order chi connectivity index (χ0) is 8.81. The number of nitrogens with one attached hydrogen (secondary N) is 1. The second-order valence-electron chi connectivity index (χ2n) is 2.75. The van der Waals surface area contributed by atoms with Crippen LogP contribution in [0.15, 0.2) is 18.3 Å². The number of hydrogen-bond acceptors (Lipinski definition) is 3.